The molecule has 8 nitrogen and oxygen atoms in total. The van der Waals surface area contributed by atoms with Crippen LogP contribution in [0, 0.1) is 11.3 Å². The number of ketones is 1. The van der Waals surface area contributed by atoms with Crippen molar-refractivity contribution >= 4 is 23.3 Å². The van der Waals surface area contributed by atoms with Gasteiger partial charge >= 0.3 is 0 Å². The molecule has 0 aromatic heterocycles. The summed E-state index contributed by atoms with van der Waals surface area (Å²) < 4.78 is 5.65. The number of rotatable bonds is 7. The SMILES string of the molecule is CCCN1CCN(c2ccc(C(=O)NC(CC(C)(C)C)C(=O)N3C[C@H](C)[C@H]4OCC(=O)[C@H]43)cc2)CC1. The Morgan fingerprint density at radius 3 is 2.39 bits per heavy atom. The molecule has 3 fully saturated rings. The lowest BCUT2D eigenvalue weighted by molar-refractivity contribution is -0.138. The number of Topliss-reactive ketones (excluding diaryl/α,β-unsaturated/α-hetero) is 1. The highest BCUT2D eigenvalue weighted by Gasteiger charge is 2.51. The zero-order valence-corrected chi connectivity index (χ0v) is 22.5. The zero-order chi connectivity index (χ0) is 26.0. The van der Waals surface area contributed by atoms with Gasteiger partial charge in [0.15, 0.2) is 5.78 Å². The van der Waals surface area contributed by atoms with Crippen LogP contribution < -0.4 is 10.2 Å². The maximum Gasteiger partial charge on any atom is 0.251 e. The topological polar surface area (TPSA) is 82.2 Å². The van der Waals surface area contributed by atoms with E-state index >= 15 is 0 Å². The summed E-state index contributed by atoms with van der Waals surface area (Å²) in [6.45, 7) is 16.1. The van der Waals surface area contributed by atoms with Gasteiger partial charge in [0.1, 0.15) is 18.7 Å². The van der Waals surface area contributed by atoms with E-state index < -0.39 is 12.1 Å². The van der Waals surface area contributed by atoms with Gasteiger partial charge in [-0.15, -0.1) is 0 Å². The molecule has 3 aliphatic rings. The lowest BCUT2D eigenvalue weighted by Gasteiger charge is -2.36. The third-order valence-corrected chi connectivity index (χ3v) is 7.55. The van der Waals surface area contributed by atoms with E-state index in [-0.39, 0.29) is 41.6 Å². The van der Waals surface area contributed by atoms with E-state index in [2.05, 4.69) is 22.0 Å². The van der Waals surface area contributed by atoms with Gasteiger partial charge in [-0.05, 0) is 49.1 Å². The number of hydrogen-bond donors (Lipinski definition) is 1. The Hall–Kier alpha value is -2.45. The van der Waals surface area contributed by atoms with Gasteiger partial charge in [0, 0.05) is 49.9 Å². The number of ether oxygens (including phenoxy) is 1. The highest BCUT2D eigenvalue weighted by atomic mass is 16.5. The molecule has 3 saturated heterocycles. The van der Waals surface area contributed by atoms with Crippen LogP contribution in [0.3, 0.4) is 0 Å². The van der Waals surface area contributed by atoms with Crippen molar-refractivity contribution in [3.05, 3.63) is 29.8 Å². The molecule has 8 heteroatoms. The van der Waals surface area contributed by atoms with Crippen LogP contribution in [0.1, 0.15) is 57.8 Å². The molecule has 4 rings (SSSR count). The third-order valence-electron chi connectivity index (χ3n) is 7.55. The smallest absolute Gasteiger partial charge is 0.251 e. The first-order valence-corrected chi connectivity index (χ1v) is 13.4. The fourth-order valence-corrected chi connectivity index (χ4v) is 5.74. The molecular weight excluding hydrogens is 456 g/mol. The third kappa shape index (κ3) is 5.92. The maximum absolute atomic E-state index is 13.7. The number of nitrogens with one attached hydrogen (secondary N) is 1. The standard InChI is InChI=1S/C28H42N4O4/c1-6-11-30-12-14-31(15-13-30)21-9-7-20(8-10-21)26(34)29-22(16-28(3,4)5)27(35)32-17-19(2)25-24(32)23(33)18-36-25/h7-10,19,22,24-25H,6,11-18H2,1-5H3,(H,29,34)/t19-,22?,24+,25+/m0/s1. The first kappa shape index (κ1) is 26.6. The number of piperazine rings is 1. The number of benzene rings is 1. The van der Waals surface area contributed by atoms with Crippen molar-refractivity contribution in [1.29, 1.82) is 0 Å². The maximum atomic E-state index is 13.7. The second-order valence-corrected chi connectivity index (χ2v) is 11.8. The molecule has 1 aromatic rings. The number of carbonyl (C=O) groups excluding carboxylic acids is 3. The monoisotopic (exact) mass is 498 g/mol. The minimum Gasteiger partial charge on any atom is -0.369 e. The van der Waals surface area contributed by atoms with Crippen LogP contribution in [0.25, 0.3) is 0 Å². The summed E-state index contributed by atoms with van der Waals surface area (Å²) in [4.78, 5) is 45.8. The van der Waals surface area contributed by atoms with Gasteiger partial charge in [0.2, 0.25) is 5.91 Å². The summed E-state index contributed by atoms with van der Waals surface area (Å²) >= 11 is 0. The largest absolute Gasteiger partial charge is 0.369 e. The number of nitrogens with zero attached hydrogens (tertiary/aromatic N) is 3. The highest BCUT2D eigenvalue weighted by Crippen LogP contribution is 2.33. The van der Waals surface area contributed by atoms with Crippen LogP contribution in [-0.2, 0) is 14.3 Å². The van der Waals surface area contributed by atoms with Crippen LogP contribution in [0.15, 0.2) is 24.3 Å². The van der Waals surface area contributed by atoms with E-state index in [9.17, 15) is 14.4 Å². The number of hydrogen-bond acceptors (Lipinski definition) is 6. The van der Waals surface area contributed by atoms with E-state index in [1.807, 2.05) is 52.0 Å². The van der Waals surface area contributed by atoms with Crippen molar-refractivity contribution in [2.75, 3.05) is 50.8 Å². The molecule has 3 aliphatic heterocycles. The fourth-order valence-electron chi connectivity index (χ4n) is 5.74. The van der Waals surface area contributed by atoms with Gasteiger partial charge in [-0.1, -0.05) is 34.6 Å². The predicted molar refractivity (Wildman–Crippen MR) is 140 cm³/mol. The molecule has 4 atom stereocenters. The van der Waals surface area contributed by atoms with Crippen LogP contribution in [0.4, 0.5) is 5.69 Å². The Morgan fingerprint density at radius 1 is 1.11 bits per heavy atom. The van der Waals surface area contributed by atoms with Gasteiger partial charge in [-0.3, -0.25) is 19.3 Å². The summed E-state index contributed by atoms with van der Waals surface area (Å²) in [5.41, 5.74) is 1.46. The van der Waals surface area contributed by atoms with Crippen LogP contribution in [0.2, 0.25) is 0 Å². The number of anilines is 1. The molecule has 198 valence electrons. The molecule has 36 heavy (non-hydrogen) atoms. The van der Waals surface area contributed by atoms with E-state index in [1.165, 1.54) is 6.42 Å². The van der Waals surface area contributed by atoms with E-state index in [4.69, 9.17) is 4.74 Å². The molecule has 2 amide bonds. The molecule has 0 radical (unpaired) electrons. The lowest BCUT2D eigenvalue weighted by Crippen LogP contribution is -2.53. The van der Waals surface area contributed by atoms with Gasteiger partial charge in [-0.2, -0.15) is 0 Å². The summed E-state index contributed by atoms with van der Waals surface area (Å²) in [6.07, 6.45) is 1.41. The lowest BCUT2D eigenvalue weighted by atomic mass is 9.87. The van der Waals surface area contributed by atoms with Crippen LogP contribution in [-0.4, -0.2) is 91.5 Å². The predicted octanol–water partition coefficient (Wildman–Crippen LogP) is 2.57. The molecule has 1 unspecified atom stereocenters. The number of amides is 2. The molecule has 0 saturated carbocycles. The van der Waals surface area contributed by atoms with Gasteiger partial charge in [0.25, 0.3) is 5.91 Å². The Bertz CT molecular complexity index is 949. The van der Waals surface area contributed by atoms with Crippen molar-refractivity contribution in [1.82, 2.24) is 15.1 Å². The minimum absolute atomic E-state index is 0.0512. The van der Waals surface area contributed by atoms with Gasteiger partial charge < -0.3 is 19.9 Å². The molecule has 3 heterocycles. The summed E-state index contributed by atoms with van der Waals surface area (Å²) in [6, 6.07) is 6.42. The number of carbonyl (C=O) groups is 3. The molecule has 0 spiro atoms. The quantitative estimate of drug-likeness (QED) is 0.622. The van der Waals surface area contributed by atoms with E-state index in [0.29, 0.717) is 18.5 Å². The Labute approximate surface area is 215 Å². The number of likely N-dealkylation sites (tertiary alicyclic amines) is 1. The summed E-state index contributed by atoms with van der Waals surface area (Å²) in [5.74, 6) is -0.426. The van der Waals surface area contributed by atoms with Crippen molar-refractivity contribution in [3.63, 3.8) is 0 Å². The van der Waals surface area contributed by atoms with E-state index in [1.54, 1.807) is 4.90 Å². The number of fused-ring (bicyclic) bond motifs is 1. The highest BCUT2D eigenvalue weighted by molar-refractivity contribution is 5.99. The van der Waals surface area contributed by atoms with E-state index in [0.717, 1.165) is 38.4 Å². The molecule has 1 N–H and O–H groups in total. The van der Waals surface area contributed by atoms with Crippen LogP contribution in [0.5, 0.6) is 0 Å². The second kappa shape index (κ2) is 10.9. The Balaban J connectivity index is 1.43. The Morgan fingerprint density at radius 2 is 1.78 bits per heavy atom. The summed E-state index contributed by atoms with van der Waals surface area (Å²) in [7, 11) is 0. The first-order valence-electron chi connectivity index (χ1n) is 13.4. The fraction of sp³-hybridized carbons (Fsp3) is 0.679. The normalized spacial score (nSPS) is 25.7. The van der Waals surface area contributed by atoms with Crippen molar-refractivity contribution in [2.24, 2.45) is 11.3 Å². The van der Waals surface area contributed by atoms with Crippen molar-refractivity contribution < 1.29 is 19.1 Å². The Kier molecular flexibility index (Phi) is 8.05. The minimum atomic E-state index is -0.705. The molecular formula is C28H42N4O4. The zero-order valence-electron chi connectivity index (χ0n) is 22.5. The van der Waals surface area contributed by atoms with Crippen molar-refractivity contribution in [2.45, 2.75) is 65.6 Å². The molecule has 1 aromatic carbocycles. The average molecular weight is 499 g/mol. The van der Waals surface area contributed by atoms with Gasteiger partial charge in [0.05, 0.1) is 6.10 Å². The summed E-state index contributed by atoms with van der Waals surface area (Å²) in [5, 5.41) is 2.99. The average Bonchev–Trinajstić information content (AvgIpc) is 3.38. The first-order chi connectivity index (χ1) is 17.1. The van der Waals surface area contributed by atoms with Gasteiger partial charge in [-0.25, -0.2) is 0 Å². The second-order valence-electron chi connectivity index (χ2n) is 11.8. The molecule has 0 aliphatic carbocycles. The van der Waals surface area contributed by atoms with Crippen molar-refractivity contribution in [3.8, 4) is 0 Å². The van der Waals surface area contributed by atoms with Crippen LogP contribution >= 0.6 is 0 Å². The molecule has 0 bridgehead atoms.